The molecule has 0 fully saturated rings. The molecule has 0 aliphatic carbocycles. The van der Waals surface area contributed by atoms with Crippen molar-refractivity contribution in [3.8, 4) is 28.5 Å². The molecule has 0 aliphatic rings. The van der Waals surface area contributed by atoms with Crippen LogP contribution in [0, 0.1) is 24.1 Å². The summed E-state index contributed by atoms with van der Waals surface area (Å²) in [5.41, 5.74) is 9.59. The second kappa shape index (κ2) is 5.90. The third kappa shape index (κ3) is 2.77. The molecule has 0 saturated carbocycles. The molecule has 3 aromatic rings. The lowest BCUT2D eigenvalue weighted by atomic mass is 9.97. The maximum Gasteiger partial charge on any atom is 0.142 e. The van der Waals surface area contributed by atoms with Crippen molar-refractivity contribution >= 4 is 5.82 Å². The molecule has 3 nitrogen and oxygen atoms in total. The van der Waals surface area contributed by atoms with E-state index >= 15 is 0 Å². The molecule has 0 unspecified atom stereocenters. The Morgan fingerprint density at radius 3 is 2.52 bits per heavy atom. The average Bonchev–Trinajstić information content (AvgIpc) is 2.54. The molecule has 2 aromatic carbocycles. The number of halogens is 1. The smallest absolute Gasteiger partial charge is 0.142 e. The molecule has 0 aliphatic heterocycles. The van der Waals surface area contributed by atoms with Crippen LogP contribution >= 0.6 is 0 Å². The van der Waals surface area contributed by atoms with Gasteiger partial charge in [-0.3, -0.25) is 0 Å². The van der Waals surface area contributed by atoms with Crippen LogP contribution in [0.1, 0.15) is 11.1 Å². The molecule has 1 aromatic heterocycles. The van der Waals surface area contributed by atoms with Crippen LogP contribution in [0.5, 0.6) is 0 Å². The fourth-order valence-electron chi connectivity index (χ4n) is 2.53. The third-order valence-electron chi connectivity index (χ3n) is 3.64. The second-order valence-electron chi connectivity index (χ2n) is 5.28. The molecule has 0 bridgehead atoms. The van der Waals surface area contributed by atoms with Gasteiger partial charge >= 0.3 is 0 Å². The van der Waals surface area contributed by atoms with Gasteiger partial charge in [0.25, 0.3) is 0 Å². The summed E-state index contributed by atoms with van der Waals surface area (Å²) < 4.78 is 14.0. The maximum absolute atomic E-state index is 14.0. The molecule has 0 spiro atoms. The van der Waals surface area contributed by atoms with Crippen LogP contribution in [-0.2, 0) is 0 Å². The number of rotatable bonds is 2. The number of aromatic nitrogens is 1. The van der Waals surface area contributed by atoms with E-state index in [0.717, 1.165) is 11.1 Å². The number of nitrogens with zero attached hydrogens (tertiary/aromatic N) is 2. The standard InChI is InChI=1S/C19H14FN3/c1-12-5-4-6-13(9-12)15-10-18(23-19(22)16(15)11-21)14-7-2-3-8-17(14)20/h2-10H,1H3,(H2,22,23). The first kappa shape index (κ1) is 14.7. The highest BCUT2D eigenvalue weighted by atomic mass is 19.1. The van der Waals surface area contributed by atoms with Gasteiger partial charge in [0, 0.05) is 11.1 Å². The van der Waals surface area contributed by atoms with Gasteiger partial charge in [0.15, 0.2) is 0 Å². The second-order valence-corrected chi connectivity index (χ2v) is 5.28. The van der Waals surface area contributed by atoms with Crippen LogP contribution in [-0.4, -0.2) is 4.98 Å². The number of nitrogens with two attached hydrogens (primary N) is 1. The number of nitriles is 1. The summed E-state index contributed by atoms with van der Waals surface area (Å²) in [6, 6.07) is 17.9. The summed E-state index contributed by atoms with van der Waals surface area (Å²) in [5, 5.41) is 9.40. The van der Waals surface area contributed by atoms with Gasteiger partial charge in [-0.25, -0.2) is 9.37 Å². The van der Waals surface area contributed by atoms with Crippen LogP contribution in [0.4, 0.5) is 10.2 Å². The molecular weight excluding hydrogens is 289 g/mol. The first-order valence-electron chi connectivity index (χ1n) is 7.12. The van der Waals surface area contributed by atoms with E-state index in [2.05, 4.69) is 11.1 Å². The molecule has 0 saturated heterocycles. The van der Waals surface area contributed by atoms with Crippen LogP contribution in [0.25, 0.3) is 22.4 Å². The first-order valence-corrected chi connectivity index (χ1v) is 7.12. The van der Waals surface area contributed by atoms with Crippen molar-refractivity contribution in [1.82, 2.24) is 4.98 Å². The maximum atomic E-state index is 14.0. The quantitative estimate of drug-likeness (QED) is 0.767. The highest BCUT2D eigenvalue weighted by Gasteiger charge is 2.15. The Bertz CT molecular complexity index is 926. The summed E-state index contributed by atoms with van der Waals surface area (Å²) in [4.78, 5) is 4.20. The van der Waals surface area contributed by atoms with Crippen molar-refractivity contribution in [1.29, 1.82) is 5.26 Å². The summed E-state index contributed by atoms with van der Waals surface area (Å²) >= 11 is 0. The van der Waals surface area contributed by atoms with Crippen LogP contribution in [0.3, 0.4) is 0 Å². The monoisotopic (exact) mass is 303 g/mol. The van der Waals surface area contributed by atoms with Crippen molar-refractivity contribution in [2.75, 3.05) is 5.73 Å². The Balaban J connectivity index is 2.27. The Labute approximate surface area is 133 Å². The largest absolute Gasteiger partial charge is 0.383 e. The van der Waals surface area contributed by atoms with E-state index in [0.29, 0.717) is 22.4 Å². The van der Waals surface area contributed by atoms with E-state index < -0.39 is 0 Å². The number of pyridine rings is 1. The molecule has 23 heavy (non-hydrogen) atoms. The predicted octanol–water partition coefficient (Wildman–Crippen LogP) is 4.32. The van der Waals surface area contributed by atoms with Crippen molar-refractivity contribution < 1.29 is 4.39 Å². The zero-order valence-corrected chi connectivity index (χ0v) is 12.5. The average molecular weight is 303 g/mol. The minimum Gasteiger partial charge on any atom is -0.383 e. The van der Waals surface area contributed by atoms with Crippen molar-refractivity contribution in [2.45, 2.75) is 6.92 Å². The Kier molecular flexibility index (Phi) is 3.78. The van der Waals surface area contributed by atoms with E-state index in [-0.39, 0.29) is 11.6 Å². The lowest BCUT2D eigenvalue weighted by Gasteiger charge is -2.11. The van der Waals surface area contributed by atoms with E-state index in [1.54, 1.807) is 24.3 Å². The van der Waals surface area contributed by atoms with Gasteiger partial charge in [0.1, 0.15) is 23.3 Å². The molecule has 1 heterocycles. The Morgan fingerprint density at radius 1 is 1.04 bits per heavy atom. The van der Waals surface area contributed by atoms with Gasteiger partial charge in [-0.2, -0.15) is 5.26 Å². The Hall–Kier alpha value is -3.19. The first-order chi connectivity index (χ1) is 11.1. The highest BCUT2D eigenvalue weighted by molar-refractivity contribution is 5.80. The van der Waals surface area contributed by atoms with Crippen LogP contribution < -0.4 is 5.73 Å². The fourth-order valence-corrected chi connectivity index (χ4v) is 2.53. The minimum atomic E-state index is -0.376. The zero-order valence-electron chi connectivity index (χ0n) is 12.5. The van der Waals surface area contributed by atoms with Gasteiger partial charge in [-0.1, -0.05) is 42.0 Å². The van der Waals surface area contributed by atoms with Crippen LogP contribution in [0.2, 0.25) is 0 Å². The molecule has 3 rings (SSSR count). The number of hydrogen-bond donors (Lipinski definition) is 1. The zero-order chi connectivity index (χ0) is 16.4. The molecular formula is C19H14FN3. The van der Waals surface area contributed by atoms with Gasteiger partial charge in [0.2, 0.25) is 0 Å². The van der Waals surface area contributed by atoms with Gasteiger partial charge in [0.05, 0.1) is 5.69 Å². The summed E-state index contributed by atoms with van der Waals surface area (Å²) in [7, 11) is 0. The number of nitrogen functional groups attached to an aromatic ring is 1. The van der Waals surface area contributed by atoms with Gasteiger partial charge in [-0.05, 0) is 30.7 Å². The van der Waals surface area contributed by atoms with E-state index in [1.165, 1.54) is 6.07 Å². The predicted molar refractivity (Wildman–Crippen MR) is 88.9 cm³/mol. The highest BCUT2D eigenvalue weighted by Crippen LogP contribution is 2.32. The van der Waals surface area contributed by atoms with Crippen molar-refractivity contribution in [3.63, 3.8) is 0 Å². The van der Waals surface area contributed by atoms with E-state index in [9.17, 15) is 9.65 Å². The SMILES string of the molecule is Cc1cccc(-c2cc(-c3ccccc3F)nc(N)c2C#N)c1. The van der Waals surface area contributed by atoms with E-state index in [4.69, 9.17) is 5.73 Å². The Morgan fingerprint density at radius 2 is 1.83 bits per heavy atom. The molecule has 4 heteroatoms. The van der Waals surface area contributed by atoms with Gasteiger partial charge in [-0.15, -0.1) is 0 Å². The summed E-state index contributed by atoms with van der Waals surface area (Å²) in [6.45, 7) is 1.97. The normalized spacial score (nSPS) is 10.3. The topological polar surface area (TPSA) is 62.7 Å². The number of benzene rings is 2. The number of aryl methyl sites for hydroxylation is 1. The number of hydrogen-bond acceptors (Lipinski definition) is 3. The van der Waals surface area contributed by atoms with Crippen molar-refractivity contribution in [2.24, 2.45) is 0 Å². The molecule has 2 N–H and O–H groups in total. The minimum absolute atomic E-state index is 0.102. The van der Waals surface area contributed by atoms with Gasteiger partial charge < -0.3 is 5.73 Å². The van der Waals surface area contributed by atoms with Crippen LogP contribution in [0.15, 0.2) is 54.6 Å². The molecule has 112 valence electrons. The summed E-state index contributed by atoms with van der Waals surface area (Å²) in [6.07, 6.45) is 0. The lowest BCUT2D eigenvalue weighted by molar-refractivity contribution is 0.631. The molecule has 0 radical (unpaired) electrons. The van der Waals surface area contributed by atoms with E-state index in [1.807, 2.05) is 31.2 Å². The summed E-state index contributed by atoms with van der Waals surface area (Å²) in [5.74, 6) is -0.274. The van der Waals surface area contributed by atoms with Crippen molar-refractivity contribution in [3.05, 3.63) is 71.5 Å². The third-order valence-corrected chi connectivity index (χ3v) is 3.64. The fraction of sp³-hybridized carbons (Fsp3) is 0.0526. The lowest BCUT2D eigenvalue weighted by Crippen LogP contribution is -2.00. The number of anilines is 1. The molecule has 0 amide bonds. The molecule has 0 atom stereocenters.